The van der Waals surface area contributed by atoms with Crippen molar-refractivity contribution >= 4 is 29.0 Å². The molecule has 0 amide bonds. The molecule has 5 aliphatic rings. The molecule has 1 aromatic heterocycles. The molecule has 5 saturated carbocycles. The second kappa shape index (κ2) is 6.57. The lowest BCUT2D eigenvalue weighted by atomic mass is 9.53. The number of Topliss-reactive ketones (excluding diaryl/α,β-unsaturated/α-hetero) is 1. The molecule has 1 heterocycles. The molecular weight excluding hydrogens is 409 g/mol. The SMILES string of the molecule is O=C1C2CC3C[C@@H]1C[C@@](OCc1c(-c4c(Cl)cccc4Cl)noc1C1CC1)(C3)C2. The molecule has 6 heteroatoms. The van der Waals surface area contributed by atoms with Gasteiger partial charge in [-0.05, 0) is 63.0 Å². The van der Waals surface area contributed by atoms with Crippen molar-refractivity contribution in [3.8, 4) is 11.3 Å². The summed E-state index contributed by atoms with van der Waals surface area (Å²) in [5.74, 6) is 2.83. The standard InChI is InChI=1S/C23H23Cl2NO3/c24-17-2-1-3-18(25)19(17)20-16(22(29-26-20)13-4-5-13)11-28-23-8-12-6-14(9-23)21(27)15(7-12)10-23/h1-3,12-15H,4-11H2/t12?,14-,15?,23+/m1/s1. The number of nitrogens with zero attached hydrogens (tertiary/aromatic N) is 1. The van der Waals surface area contributed by atoms with E-state index in [-0.39, 0.29) is 17.4 Å². The Balaban J connectivity index is 1.33. The molecule has 29 heavy (non-hydrogen) atoms. The molecule has 0 saturated heterocycles. The highest BCUT2D eigenvalue weighted by molar-refractivity contribution is 6.39. The highest BCUT2D eigenvalue weighted by Crippen LogP contribution is 2.56. The van der Waals surface area contributed by atoms with Gasteiger partial charge in [0.25, 0.3) is 0 Å². The Kier molecular flexibility index (Phi) is 4.17. The normalized spacial score (nSPS) is 32.9. The lowest BCUT2D eigenvalue weighted by molar-refractivity contribution is -0.179. The van der Waals surface area contributed by atoms with Gasteiger partial charge in [-0.15, -0.1) is 0 Å². The van der Waals surface area contributed by atoms with Crippen LogP contribution in [-0.2, 0) is 16.1 Å². The van der Waals surface area contributed by atoms with E-state index in [1.165, 1.54) is 0 Å². The molecule has 5 fully saturated rings. The first-order valence-electron chi connectivity index (χ1n) is 10.6. The Morgan fingerprint density at radius 2 is 1.76 bits per heavy atom. The Hall–Kier alpha value is -1.36. The van der Waals surface area contributed by atoms with Crippen LogP contribution < -0.4 is 0 Å². The van der Waals surface area contributed by atoms with E-state index < -0.39 is 0 Å². The molecule has 0 N–H and O–H groups in total. The van der Waals surface area contributed by atoms with Gasteiger partial charge >= 0.3 is 0 Å². The minimum Gasteiger partial charge on any atom is -0.370 e. The lowest BCUT2D eigenvalue weighted by Crippen LogP contribution is -2.56. The summed E-state index contributed by atoms with van der Waals surface area (Å²) >= 11 is 12.9. The molecule has 1 aromatic carbocycles. The van der Waals surface area contributed by atoms with Crippen molar-refractivity contribution in [2.24, 2.45) is 17.8 Å². The minimum atomic E-state index is -0.177. The van der Waals surface area contributed by atoms with Crippen molar-refractivity contribution in [1.29, 1.82) is 0 Å². The number of ether oxygens (including phenoxy) is 1. The zero-order chi connectivity index (χ0) is 19.8. The van der Waals surface area contributed by atoms with E-state index in [0.29, 0.717) is 45.5 Å². The Morgan fingerprint density at radius 3 is 2.41 bits per heavy atom. The summed E-state index contributed by atoms with van der Waals surface area (Å²) in [6.45, 7) is 0.437. The summed E-state index contributed by atoms with van der Waals surface area (Å²) in [7, 11) is 0. The van der Waals surface area contributed by atoms with Gasteiger partial charge < -0.3 is 9.26 Å². The summed E-state index contributed by atoms with van der Waals surface area (Å²) in [4.78, 5) is 12.5. The molecule has 4 nitrogen and oxygen atoms in total. The number of carbonyl (C=O) groups is 1. The number of halogens is 2. The number of benzene rings is 1. The van der Waals surface area contributed by atoms with E-state index in [2.05, 4.69) is 5.16 Å². The van der Waals surface area contributed by atoms with Crippen LogP contribution in [0, 0.1) is 17.8 Å². The number of hydrogen-bond acceptors (Lipinski definition) is 4. The van der Waals surface area contributed by atoms with E-state index in [1.54, 1.807) is 0 Å². The van der Waals surface area contributed by atoms with Crippen LogP contribution in [0.25, 0.3) is 11.3 Å². The maximum atomic E-state index is 12.5. The molecule has 0 aliphatic heterocycles. The average Bonchev–Trinajstić information content (AvgIpc) is 3.44. The van der Waals surface area contributed by atoms with Crippen molar-refractivity contribution in [3.63, 3.8) is 0 Å². The predicted molar refractivity (Wildman–Crippen MR) is 110 cm³/mol. The fraction of sp³-hybridized carbons (Fsp3) is 0.565. The fourth-order valence-corrected chi connectivity index (χ4v) is 6.70. The zero-order valence-corrected chi connectivity index (χ0v) is 17.6. The Morgan fingerprint density at radius 1 is 1.07 bits per heavy atom. The number of carbonyl (C=O) groups excluding carboxylic acids is 1. The summed E-state index contributed by atoms with van der Waals surface area (Å²) in [5.41, 5.74) is 2.21. The number of ketones is 1. The van der Waals surface area contributed by atoms with Crippen molar-refractivity contribution in [1.82, 2.24) is 5.16 Å². The molecular formula is C23H23Cl2NO3. The predicted octanol–water partition coefficient (Wildman–Crippen LogP) is 6.19. The van der Waals surface area contributed by atoms with Crippen molar-refractivity contribution in [2.75, 3.05) is 0 Å². The highest BCUT2D eigenvalue weighted by Gasteiger charge is 2.56. The average molecular weight is 432 g/mol. The monoisotopic (exact) mass is 431 g/mol. The molecule has 4 atom stereocenters. The molecule has 7 rings (SSSR count). The molecule has 4 bridgehead atoms. The highest BCUT2D eigenvalue weighted by atomic mass is 35.5. The second-order valence-corrected chi connectivity index (χ2v) is 10.3. The molecule has 2 unspecified atom stereocenters. The first-order valence-corrected chi connectivity index (χ1v) is 11.4. The number of aromatic nitrogens is 1. The van der Waals surface area contributed by atoms with Crippen LogP contribution in [0.3, 0.4) is 0 Å². The van der Waals surface area contributed by atoms with Crippen LogP contribution in [0.2, 0.25) is 10.0 Å². The quantitative estimate of drug-likeness (QED) is 0.565. The molecule has 5 aliphatic carbocycles. The molecule has 2 aromatic rings. The fourth-order valence-electron chi connectivity index (χ4n) is 6.13. The van der Waals surface area contributed by atoms with Crippen LogP contribution in [-0.4, -0.2) is 16.5 Å². The molecule has 0 spiro atoms. The van der Waals surface area contributed by atoms with Gasteiger partial charge in [-0.2, -0.15) is 0 Å². The zero-order valence-electron chi connectivity index (χ0n) is 16.1. The van der Waals surface area contributed by atoms with Crippen molar-refractivity contribution in [2.45, 2.75) is 63.1 Å². The van der Waals surface area contributed by atoms with Gasteiger partial charge in [-0.3, -0.25) is 4.79 Å². The number of rotatable bonds is 5. The smallest absolute Gasteiger partial charge is 0.145 e. The topological polar surface area (TPSA) is 52.3 Å². The van der Waals surface area contributed by atoms with E-state index in [9.17, 15) is 4.79 Å². The first kappa shape index (κ1) is 18.4. The van der Waals surface area contributed by atoms with Gasteiger partial charge in [0.2, 0.25) is 0 Å². The van der Waals surface area contributed by atoms with E-state index >= 15 is 0 Å². The third kappa shape index (κ3) is 2.98. The maximum absolute atomic E-state index is 12.5. The molecule has 0 radical (unpaired) electrons. The van der Waals surface area contributed by atoms with Gasteiger partial charge in [-0.25, -0.2) is 0 Å². The van der Waals surface area contributed by atoms with Crippen LogP contribution >= 0.6 is 23.2 Å². The molecule has 152 valence electrons. The van der Waals surface area contributed by atoms with Gasteiger partial charge in [0.1, 0.15) is 17.2 Å². The number of hydrogen-bond donors (Lipinski definition) is 0. The third-order valence-electron chi connectivity index (χ3n) is 7.43. The Labute approximate surface area is 179 Å². The van der Waals surface area contributed by atoms with E-state index in [0.717, 1.165) is 56.3 Å². The summed E-state index contributed by atoms with van der Waals surface area (Å²) in [6.07, 6.45) is 7.14. The second-order valence-electron chi connectivity index (χ2n) is 9.46. The summed E-state index contributed by atoms with van der Waals surface area (Å²) in [5, 5.41) is 5.50. The van der Waals surface area contributed by atoms with Crippen molar-refractivity contribution < 1.29 is 14.1 Å². The van der Waals surface area contributed by atoms with Gasteiger partial charge in [-0.1, -0.05) is 34.4 Å². The van der Waals surface area contributed by atoms with Crippen LogP contribution in [0.1, 0.15) is 62.2 Å². The minimum absolute atomic E-state index is 0.177. The van der Waals surface area contributed by atoms with Gasteiger partial charge in [0.15, 0.2) is 0 Å². The summed E-state index contributed by atoms with van der Waals surface area (Å²) < 4.78 is 12.4. The van der Waals surface area contributed by atoms with Crippen LogP contribution in [0.15, 0.2) is 22.7 Å². The Bertz CT molecular complexity index is 958. The van der Waals surface area contributed by atoms with Crippen molar-refractivity contribution in [3.05, 3.63) is 39.6 Å². The lowest BCUT2D eigenvalue weighted by Gasteiger charge is -2.55. The van der Waals surface area contributed by atoms with Crippen LogP contribution in [0.4, 0.5) is 0 Å². The van der Waals surface area contributed by atoms with E-state index in [4.69, 9.17) is 32.5 Å². The van der Waals surface area contributed by atoms with Gasteiger partial charge in [0, 0.05) is 28.9 Å². The maximum Gasteiger partial charge on any atom is 0.145 e. The summed E-state index contributed by atoms with van der Waals surface area (Å²) in [6, 6.07) is 5.48. The van der Waals surface area contributed by atoms with E-state index in [1.807, 2.05) is 18.2 Å². The van der Waals surface area contributed by atoms with Gasteiger partial charge in [0.05, 0.1) is 22.3 Å². The first-order chi connectivity index (χ1) is 14.0. The largest absolute Gasteiger partial charge is 0.370 e. The third-order valence-corrected chi connectivity index (χ3v) is 8.06. The van der Waals surface area contributed by atoms with Crippen LogP contribution in [0.5, 0.6) is 0 Å².